The molecule has 0 saturated heterocycles. The van der Waals surface area contributed by atoms with Crippen LogP contribution >= 0.6 is 0 Å². The fraction of sp³-hybridized carbons (Fsp3) is 0.300. The minimum absolute atomic E-state index is 0.334. The number of amides is 3. The van der Waals surface area contributed by atoms with Crippen LogP contribution in [0.1, 0.15) is 24.1 Å². The van der Waals surface area contributed by atoms with Gasteiger partial charge in [-0.3, -0.25) is 10.1 Å². The molecule has 0 fully saturated rings. The van der Waals surface area contributed by atoms with Gasteiger partial charge in [0.2, 0.25) is 0 Å². The molecule has 138 valence electrons. The third-order valence-corrected chi connectivity index (χ3v) is 4.07. The molecule has 2 aromatic carbocycles. The summed E-state index contributed by atoms with van der Waals surface area (Å²) in [6, 6.07) is 16.3. The quantitative estimate of drug-likeness (QED) is 0.700. The van der Waals surface area contributed by atoms with Crippen LogP contribution in [0, 0.1) is 0 Å². The molecule has 2 aromatic rings. The van der Waals surface area contributed by atoms with E-state index in [2.05, 4.69) is 10.6 Å². The van der Waals surface area contributed by atoms with Crippen LogP contribution in [0.5, 0.6) is 5.75 Å². The maximum atomic E-state index is 12.7. The van der Waals surface area contributed by atoms with Crippen molar-refractivity contribution in [2.75, 3.05) is 20.7 Å². The van der Waals surface area contributed by atoms with Gasteiger partial charge in [0.15, 0.2) is 6.04 Å². The first-order chi connectivity index (χ1) is 12.5. The molecule has 6 heteroatoms. The highest BCUT2D eigenvalue weighted by Crippen LogP contribution is 2.13. The van der Waals surface area contributed by atoms with Gasteiger partial charge < -0.3 is 15.0 Å². The van der Waals surface area contributed by atoms with Gasteiger partial charge >= 0.3 is 6.03 Å². The summed E-state index contributed by atoms with van der Waals surface area (Å²) >= 11 is 0. The number of benzene rings is 2. The second-order valence-corrected chi connectivity index (χ2v) is 6.01. The number of carbonyl (C=O) groups excluding carboxylic acids is 2. The lowest BCUT2D eigenvalue weighted by Gasteiger charge is -2.24. The van der Waals surface area contributed by atoms with Crippen molar-refractivity contribution in [3.63, 3.8) is 0 Å². The van der Waals surface area contributed by atoms with Crippen molar-refractivity contribution in [2.45, 2.75) is 19.5 Å². The summed E-state index contributed by atoms with van der Waals surface area (Å²) < 4.78 is 5.46. The number of hydrogen-bond donors (Lipinski definition) is 3. The van der Waals surface area contributed by atoms with Crippen LogP contribution in [0.4, 0.5) is 4.79 Å². The predicted molar refractivity (Wildman–Crippen MR) is 100.0 cm³/mol. The Hall–Kier alpha value is -2.86. The van der Waals surface area contributed by atoms with Gasteiger partial charge in [0.05, 0.1) is 13.7 Å². The molecule has 2 rings (SSSR count). The number of ether oxygens (including phenoxy) is 1. The minimum atomic E-state index is -0.509. The Kier molecular flexibility index (Phi) is 7.17. The molecule has 0 aliphatic carbocycles. The highest BCUT2D eigenvalue weighted by atomic mass is 16.5. The molecule has 3 amide bonds. The highest BCUT2D eigenvalue weighted by Gasteiger charge is 2.30. The molecule has 0 saturated carbocycles. The minimum Gasteiger partial charge on any atom is -0.494 e. The molecule has 3 N–H and O–H groups in total. The molecular weight excluding hydrogens is 330 g/mol. The van der Waals surface area contributed by atoms with Crippen LogP contribution in [0.3, 0.4) is 0 Å². The molecule has 26 heavy (non-hydrogen) atoms. The smallest absolute Gasteiger partial charge is 0.321 e. The van der Waals surface area contributed by atoms with Crippen molar-refractivity contribution in [2.24, 2.45) is 0 Å². The van der Waals surface area contributed by atoms with Gasteiger partial charge in [-0.1, -0.05) is 30.3 Å². The van der Waals surface area contributed by atoms with Gasteiger partial charge in [-0.15, -0.1) is 0 Å². The standard InChI is InChI=1S/C20H25N3O3/c1-4-26-17-12-10-15(11-13-17)14-23(3)18(16-8-6-5-7-9-16)19(24)22-20(25)21-2/h5-13,18H,4,14H2,1-3H3,(H2,21,22,24,25)/p+1/t18-/m1/s1. The van der Waals surface area contributed by atoms with E-state index in [1.165, 1.54) is 7.05 Å². The van der Waals surface area contributed by atoms with Crippen LogP contribution in [-0.2, 0) is 11.3 Å². The van der Waals surface area contributed by atoms with Gasteiger partial charge in [0, 0.05) is 18.2 Å². The summed E-state index contributed by atoms with van der Waals surface area (Å²) in [4.78, 5) is 25.2. The molecule has 6 nitrogen and oxygen atoms in total. The maximum absolute atomic E-state index is 12.7. The fourth-order valence-electron chi connectivity index (χ4n) is 2.85. The largest absolute Gasteiger partial charge is 0.494 e. The average Bonchev–Trinajstić information content (AvgIpc) is 2.64. The zero-order chi connectivity index (χ0) is 18.9. The van der Waals surface area contributed by atoms with E-state index in [0.717, 1.165) is 21.8 Å². The molecule has 1 unspecified atom stereocenters. The first kappa shape index (κ1) is 19.5. The Balaban J connectivity index is 2.18. The van der Waals surface area contributed by atoms with Crippen LogP contribution in [0.25, 0.3) is 0 Å². The molecule has 0 bridgehead atoms. The van der Waals surface area contributed by atoms with Crippen LogP contribution in [-0.4, -0.2) is 32.6 Å². The van der Waals surface area contributed by atoms with E-state index in [4.69, 9.17) is 4.74 Å². The molecule has 2 atom stereocenters. The van der Waals surface area contributed by atoms with Crippen molar-refractivity contribution in [1.82, 2.24) is 10.6 Å². The maximum Gasteiger partial charge on any atom is 0.321 e. The van der Waals surface area contributed by atoms with Crippen LogP contribution < -0.4 is 20.3 Å². The van der Waals surface area contributed by atoms with E-state index >= 15 is 0 Å². The van der Waals surface area contributed by atoms with Gasteiger partial charge in [-0.05, 0) is 31.2 Å². The van der Waals surface area contributed by atoms with Gasteiger partial charge in [0.1, 0.15) is 12.3 Å². The summed E-state index contributed by atoms with van der Waals surface area (Å²) in [7, 11) is 3.42. The first-order valence-electron chi connectivity index (χ1n) is 8.66. The number of carbonyl (C=O) groups is 2. The van der Waals surface area contributed by atoms with Gasteiger partial charge in [-0.2, -0.15) is 0 Å². The van der Waals surface area contributed by atoms with E-state index in [1.54, 1.807) is 0 Å². The molecule has 0 radical (unpaired) electrons. The molecule has 0 aliphatic heterocycles. The van der Waals surface area contributed by atoms with E-state index in [1.807, 2.05) is 68.6 Å². The second-order valence-electron chi connectivity index (χ2n) is 6.01. The van der Waals surface area contributed by atoms with Crippen LogP contribution in [0.15, 0.2) is 54.6 Å². The number of likely N-dealkylation sites (N-methyl/N-ethyl adjacent to an activating group) is 1. The lowest BCUT2D eigenvalue weighted by molar-refractivity contribution is -0.916. The SMILES string of the molecule is CCOc1ccc(C[NH+](C)[C@@H](C(=O)NC(=O)NC)c2ccccc2)cc1. The van der Waals surface area contributed by atoms with Crippen molar-refractivity contribution in [1.29, 1.82) is 0 Å². The number of quaternary nitrogens is 1. The Labute approximate surface area is 154 Å². The lowest BCUT2D eigenvalue weighted by Crippen LogP contribution is -3.09. The number of nitrogens with one attached hydrogen (secondary N) is 3. The fourth-order valence-corrected chi connectivity index (χ4v) is 2.85. The van der Waals surface area contributed by atoms with E-state index in [9.17, 15) is 9.59 Å². The monoisotopic (exact) mass is 356 g/mol. The topological polar surface area (TPSA) is 71.9 Å². The Morgan fingerprint density at radius 2 is 1.73 bits per heavy atom. The predicted octanol–water partition coefficient (Wildman–Crippen LogP) is 1.30. The van der Waals surface area contributed by atoms with Crippen molar-refractivity contribution in [3.05, 3.63) is 65.7 Å². The molecule has 0 aliphatic rings. The summed E-state index contributed by atoms with van der Waals surface area (Å²) in [5, 5.41) is 4.81. The Morgan fingerprint density at radius 3 is 2.31 bits per heavy atom. The normalized spacial score (nSPS) is 12.7. The van der Waals surface area contributed by atoms with E-state index in [-0.39, 0.29) is 5.91 Å². The summed E-state index contributed by atoms with van der Waals surface area (Å²) in [6.45, 7) is 3.20. The Morgan fingerprint density at radius 1 is 1.08 bits per heavy atom. The number of urea groups is 1. The Bertz CT molecular complexity index is 717. The second kappa shape index (κ2) is 9.58. The van der Waals surface area contributed by atoms with Gasteiger partial charge in [0.25, 0.3) is 5.91 Å². The highest BCUT2D eigenvalue weighted by molar-refractivity contribution is 5.96. The zero-order valence-corrected chi connectivity index (χ0v) is 15.4. The summed E-state index contributed by atoms with van der Waals surface area (Å²) in [6.07, 6.45) is 0. The average molecular weight is 356 g/mol. The van der Waals surface area contributed by atoms with E-state index in [0.29, 0.717) is 13.2 Å². The molecule has 0 heterocycles. The van der Waals surface area contributed by atoms with Gasteiger partial charge in [-0.25, -0.2) is 4.79 Å². The van der Waals surface area contributed by atoms with Crippen LogP contribution in [0.2, 0.25) is 0 Å². The number of imide groups is 1. The summed E-state index contributed by atoms with van der Waals surface area (Å²) in [5.41, 5.74) is 1.94. The third-order valence-electron chi connectivity index (χ3n) is 4.07. The zero-order valence-electron chi connectivity index (χ0n) is 15.4. The number of rotatable bonds is 7. The van der Waals surface area contributed by atoms with Crippen molar-refractivity contribution in [3.8, 4) is 5.75 Å². The molecular formula is C20H26N3O3+. The molecule has 0 spiro atoms. The third kappa shape index (κ3) is 5.32. The first-order valence-corrected chi connectivity index (χ1v) is 8.66. The number of hydrogen-bond acceptors (Lipinski definition) is 3. The van der Waals surface area contributed by atoms with Crippen molar-refractivity contribution < 1.29 is 19.2 Å². The van der Waals surface area contributed by atoms with E-state index < -0.39 is 12.1 Å². The summed E-state index contributed by atoms with van der Waals surface area (Å²) in [5.74, 6) is 0.491. The lowest BCUT2D eigenvalue weighted by atomic mass is 10.0. The van der Waals surface area contributed by atoms with Crippen molar-refractivity contribution >= 4 is 11.9 Å². The molecule has 0 aromatic heterocycles.